The van der Waals surface area contributed by atoms with Gasteiger partial charge in [-0.1, -0.05) is 12.1 Å². The minimum Gasteiger partial charge on any atom is -0.457 e. The molecule has 0 spiro atoms. The fourth-order valence-corrected chi connectivity index (χ4v) is 3.94. The van der Waals surface area contributed by atoms with Gasteiger partial charge in [0.2, 0.25) is 0 Å². The Hall–Kier alpha value is -5.13. The van der Waals surface area contributed by atoms with Crippen LogP contribution in [-0.4, -0.2) is 31.6 Å². The molecule has 5 rings (SSSR count). The molecule has 3 aromatic heterocycles. The quantitative estimate of drug-likeness (QED) is 0.314. The zero-order valence-corrected chi connectivity index (χ0v) is 20.6. The molecule has 1 N–H and O–H groups in total. The van der Waals surface area contributed by atoms with Crippen LogP contribution in [0.25, 0.3) is 16.7 Å². The van der Waals surface area contributed by atoms with E-state index < -0.39 is 23.6 Å². The number of para-hydroxylation sites is 2. The Labute approximate surface area is 219 Å². The first kappa shape index (κ1) is 25.5. The fourth-order valence-electron chi connectivity index (χ4n) is 3.94. The van der Waals surface area contributed by atoms with E-state index in [1.165, 1.54) is 25.1 Å². The minimum atomic E-state index is -4.98. The van der Waals surface area contributed by atoms with Crippen molar-refractivity contribution in [2.75, 3.05) is 5.32 Å². The number of anilines is 1. The summed E-state index contributed by atoms with van der Waals surface area (Å²) in [6.07, 6.45) is -1.45. The molecule has 1 amide bonds. The summed E-state index contributed by atoms with van der Waals surface area (Å²) in [6.45, 7) is 1.50. The first-order chi connectivity index (χ1) is 18.6. The number of pyridine rings is 1. The number of fused-ring (bicyclic) bond motifs is 1. The number of hydrogen-bond acceptors (Lipinski definition) is 6. The van der Waals surface area contributed by atoms with Gasteiger partial charge in [-0.15, -0.1) is 13.2 Å². The molecular weight excluding hydrogens is 515 g/mol. The summed E-state index contributed by atoms with van der Waals surface area (Å²) in [7, 11) is 1.88. The molecule has 39 heavy (non-hydrogen) atoms. The van der Waals surface area contributed by atoms with Crippen molar-refractivity contribution in [1.29, 1.82) is 0 Å². The van der Waals surface area contributed by atoms with Gasteiger partial charge in [-0.05, 0) is 61.0 Å². The van der Waals surface area contributed by atoms with Crippen LogP contribution < -0.4 is 20.3 Å². The zero-order chi connectivity index (χ0) is 27.7. The van der Waals surface area contributed by atoms with Crippen LogP contribution in [-0.2, 0) is 7.05 Å². The number of carbonyl (C=O) groups is 1. The van der Waals surface area contributed by atoms with Gasteiger partial charge < -0.3 is 19.4 Å². The molecule has 0 atom stereocenters. The first-order valence-electron chi connectivity index (χ1n) is 11.5. The minimum absolute atomic E-state index is 0.153. The van der Waals surface area contributed by atoms with Crippen molar-refractivity contribution in [3.8, 4) is 22.9 Å². The Kier molecular flexibility index (Phi) is 6.52. The number of aromatic nitrogens is 4. The number of hydrogen-bond donors (Lipinski definition) is 1. The Morgan fingerprint density at radius 1 is 1.00 bits per heavy atom. The molecule has 0 unspecified atom stereocenters. The summed E-state index contributed by atoms with van der Waals surface area (Å²) >= 11 is 0. The van der Waals surface area contributed by atoms with Gasteiger partial charge in [0.1, 0.15) is 22.8 Å². The third kappa shape index (κ3) is 5.44. The van der Waals surface area contributed by atoms with E-state index >= 15 is 0 Å². The second kappa shape index (κ2) is 9.97. The fraction of sp³-hybridized carbons (Fsp3) is 0.111. The molecule has 0 aliphatic heterocycles. The predicted octanol–water partition coefficient (Wildman–Crippen LogP) is 5.37. The molecule has 0 bridgehead atoms. The molecule has 0 saturated carbocycles. The van der Waals surface area contributed by atoms with Crippen molar-refractivity contribution >= 4 is 22.6 Å². The molecule has 0 fully saturated rings. The Balaban J connectivity index is 1.37. The van der Waals surface area contributed by atoms with Crippen molar-refractivity contribution in [3.63, 3.8) is 0 Å². The summed E-state index contributed by atoms with van der Waals surface area (Å²) in [6, 6.07) is 16.4. The lowest BCUT2D eigenvalue weighted by atomic mass is 10.2. The smallest absolute Gasteiger partial charge is 0.457 e. The van der Waals surface area contributed by atoms with Crippen LogP contribution in [0.15, 0.2) is 83.9 Å². The summed E-state index contributed by atoms with van der Waals surface area (Å²) < 4.78 is 51.2. The number of halogens is 3. The lowest BCUT2D eigenvalue weighted by Gasteiger charge is -2.15. The molecule has 9 nitrogen and oxygen atoms in total. The van der Waals surface area contributed by atoms with Crippen LogP contribution in [0, 0.1) is 6.92 Å². The normalized spacial score (nSPS) is 11.4. The number of nitrogens with one attached hydrogen (secondary N) is 1. The van der Waals surface area contributed by atoms with Gasteiger partial charge in [-0.25, -0.2) is 4.98 Å². The molecule has 12 heteroatoms. The van der Waals surface area contributed by atoms with Crippen LogP contribution in [0.5, 0.6) is 17.2 Å². The standard InChI is InChI=1S/C27H20F3N5O4/c1-16-15-23(36)35(20-5-3-4-6-22(20)39-27(28,29)30)33-24(16)26(37)32-17-7-9-18(10-8-17)38-21-11-13-31-25-19(21)12-14-34(25)2/h3-15H,1-2H3,(H,32,37). The highest BCUT2D eigenvalue weighted by molar-refractivity contribution is 6.03. The highest BCUT2D eigenvalue weighted by Crippen LogP contribution is 2.30. The van der Waals surface area contributed by atoms with Crippen molar-refractivity contribution in [2.45, 2.75) is 13.3 Å². The lowest BCUT2D eigenvalue weighted by Crippen LogP contribution is -2.28. The molecule has 3 heterocycles. The number of ether oxygens (including phenoxy) is 2. The second-order valence-electron chi connectivity index (χ2n) is 8.50. The van der Waals surface area contributed by atoms with Crippen LogP contribution in [0.2, 0.25) is 0 Å². The van der Waals surface area contributed by atoms with Crippen molar-refractivity contribution in [2.24, 2.45) is 7.05 Å². The molecule has 5 aromatic rings. The van der Waals surface area contributed by atoms with E-state index in [1.807, 2.05) is 23.9 Å². The van der Waals surface area contributed by atoms with Gasteiger partial charge in [-0.2, -0.15) is 9.78 Å². The second-order valence-corrected chi connectivity index (χ2v) is 8.50. The van der Waals surface area contributed by atoms with Gasteiger partial charge in [0.25, 0.3) is 11.5 Å². The summed E-state index contributed by atoms with van der Waals surface area (Å²) in [5, 5.41) is 7.57. The lowest BCUT2D eigenvalue weighted by molar-refractivity contribution is -0.274. The average Bonchev–Trinajstić information content (AvgIpc) is 3.26. The highest BCUT2D eigenvalue weighted by atomic mass is 19.4. The van der Waals surface area contributed by atoms with E-state index in [2.05, 4.69) is 20.1 Å². The SMILES string of the molecule is Cc1cc(=O)n(-c2ccccc2OC(F)(F)F)nc1C(=O)Nc1ccc(Oc2ccnc3c2ccn3C)cc1. The largest absolute Gasteiger partial charge is 0.573 e. The maximum absolute atomic E-state index is 13.0. The van der Waals surface area contributed by atoms with Gasteiger partial charge in [0.15, 0.2) is 11.4 Å². The zero-order valence-electron chi connectivity index (χ0n) is 20.6. The van der Waals surface area contributed by atoms with Gasteiger partial charge in [-0.3, -0.25) is 9.59 Å². The number of benzene rings is 2. The summed E-state index contributed by atoms with van der Waals surface area (Å²) in [5.74, 6) is -0.153. The topological polar surface area (TPSA) is 100 Å². The van der Waals surface area contributed by atoms with Crippen molar-refractivity contribution in [1.82, 2.24) is 19.3 Å². The molecule has 0 saturated heterocycles. The van der Waals surface area contributed by atoms with Crippen molar-refractivity contribution < 1.29 is 27.4 Å². The summed E-state index contributed by atoms with van der Waals surface area (Å²) in [5.41, 5.74) is 0.277. The van der Waals surface area contributed by atoms with Crippen molar-refractivity contribution in [3.05, 3.63) is 101 Å². The Morgan fingerprint density at radius 3 is 2.49 bits per heavy atom. The predicted molar refractivity (Wildman–Crippen MR) is 136 cm³/mol. The molecule has 0 radical (unpaired) electrons. The van der Waals surface area contributed by atoms with E-state index in [1.54, 1.807) is 36.5 Å². The van der Waals surface area contributed by atoms with E-state index in [0.29, 0.717) is 21.9 Å². The van der Waals surface area contributed by atoms with E-state index in [0.717, 1.165) is 23.2 Å². The third-order valence-electron chi connectivity index (χ3n) is 5.72. The summed E-state index contributed by atoms with van der Waals surface area (Å²) in [4.78, 5) is 29.9. The third-order valence-corrected chi connectivity index (χ3v) is 5.72. The molecule has 0 aliphatic carbocycles. The van der Waals surface area contributed by atoms with Crippen LogP contribution in [0.3, 0.4) is 0 Å². The number of nitrogens with zero attached hydrogens (tertiary/aromatic N) is 4. The molecule has 0 aliphatic rings. The van der Waals surface area contributed by atoms with Crippen LogP contribution >= 0.6 is 0 Å². The van der Waals surface area contributed by atoms with E-state index in [9.17, 15) is 22.8 Å². The average molecular weight is 535 g/mol. The van der Waals surface area contributed by atoms with Crippen LogP contribution in [0.4, 0.5) is 18.9 Å². The molecule has 198 valence electrons. The Morgan fingerprint density at radius 2 is 1.74 bits per heavy atom. The van der Waals surface area contributed by atoms with Gasteiger partial charge in [0.05, 0.1) is 5.39 Å². The number of carbonyl (C=O) groups excluding carboxylic acids is 1. The number of alkyl halides is 3. The molecular formula is C27H20F3N5O4. The highest BCUT2D eigenvalue weighted by Gasteiger charge is 2.32. The monoisotopic (exact) mass is 535 g/mol. The first-order valence-corrected chi connectivity index (χ1v) is 11.5. The molecule has 2 aromatic carbocycles. The van der Waals surface area contributed by atoms with E-state index in [4.69, 9.17) is 4.74 Å². The number of aryl methyl sites for hydroxylation is 2. The van der Waals surface area contributed by atoms with Crippen LogP contribution in [0.1, 0.15) is 16.1 Å². The van der Waals surface area contributed by atoms with Gasteiger partial charge in [0, 0.05) is 31.2 Å². The maximum Gasteiger partial charge on any atom is 0.573 e. The van der Waals surface area contributed by atoms with E-state index in [-0.39, 0.29) is 16.9 Å². The van der Waals surface area contributed by atoms with Gasteiger partial charge >= 0.3 is 6.36 Å². The number of amides is 1. The number of rotatable bonds is 6. The Bertz CT molecular complexity index is 1740. The maximum atomic E-state index is 13.0.